The largest absolute Gasteiger partial charge is 0.289 e. The van der Waals surface area contributed by atoms with Gasteiger partial charge >= 0.3 is 0 Å². The normalized spacial score (nSPS) is 13.1. The number of carbonyl (C=O) groups is 2. The van der Waals surface area contributed by atoms with E-state index in [1.807, 2.05) is 68.5 Å². The summed E-state index contributed by atoms with van der Waals surface area (Å²) in [5, 5.41) is 3.71. The Morgan fingerprint density at radius 3 is 1.60 bits per heavy atom. The maximum atomic E-state index is 13.3. The zero-order chi connectivity index (χ0) is 17.1. The number of rotatable bonds is 0. The molecule has 2 nitrogen and oxygen atoms in total. The zero-order valence-corrected chi connectivity index (χ0v) is 13.7. The van der Waals surface area contributed by atoms with E-state index in [9.17, 15) is 9.59 Å². The molecule has 0 heterocycles. The summed E-state index contributed by atoms with van der Waals surface area (Å²) in [6.45, 7) is 0. The average Bonchev–Trinajstić information content (AvgIpc) is 2.65. The Balaban J connectivity index is 2.03. The van der Waals surface area contributed by atoms with Crippen LogP contribution < -0.4 is 5.46 Å². The van der Waals surface area contributed by atoms with Crippen molar-refractivity contribution in [3.05, 3.63) is 89.0 Å². The molecular formula is C22H13BO2. The second kappa shape index (κ2) is 4.90. The minimum Gasteiger partial charge on any atom is -0.289 e. The van der Waals surface area contributed by atoms with Crippen molar-refractivity contribution in [1.82, 2.24) is 0 Å². The van der Waals surface area contributed by atoms with Gasteiger partial charge in [0.05, 0.1) is 0 Å². The van der Waals surface area contributed by atoms with Crippen molar-refractivity contribution < 1.29 is 9.59 Å². The van der Waals surface area contributed by atoms with Crippen molar-refractivity contribution in [1.29, 1.82) is 0 Å². The first-order chi connectivity index (χ1) is 12.2. The van der Waals surface area contributed by atoms with Crippen molar-refractivity contribution in [2.45, 2.75) is 0 Å². The standard InChI is InChI=1S/C22H13BO2/c23-12-9-10-17-18(11-12)22(25)20-16-8-4-2-6-14(16)13-5-1-3-7-15(13)19(20)21(17)24/h1-11H,23H2. The Morgan fingerprint density at radius 1 is 0.560 bits per heavy atom. The number of carbonyl (C=O) groups excluding carboxylic acids is 2. The summed E-state index contributed by atoms with van der Waals surface area (Å²) in [5.41, 5.74) is 3.07. The Kier molecular flexibility index (Phi) is 2.78. The smallest absolute Gasteiger partial charge is 0.195 e. The number of hydrogen-bond acceptors (Lipinski definition) is 2. The van der Waals surface area contributed by atoms with E-state index >= 15 is 0 Å². The molecule has 0 amide bonds. The van der Waals surface area contributed by atoms with Gasteiger partial charge in [-0.1, -0.05) is 72.2 Å². The van der Waals surface area contributed by atoms with Crippen LogP contribution in [-0.2, 0) is 0 Å². The fourth-order valence-electron chi connectivity index (χ4n) is 3.93. The molecule has 25 heavy (non-hydrogen) atoms. The summed E-state index contributed by atoms with van der Waals surface area (Å²) in [4.78, 5) is 26.6. The van der Waals surface area contributed by atoms with Crippen LogP contribution in [0.2, 0.25) is 0 Å². The molecule has 4 aromatic rings. The van der Waals surface area contributed by atoms with Gasteiger partial charge in [-0.05, 0) is 21.5 Å². The number of ketones is 2. The molecule has 0 radical (unpaired) electrons. The van der Waals surface area contributed by atoms with Crippen LogP contribution >= 0.6 is 0 Å². The minimum absolute atomic E-state index is 0.0600. The Labute approximate surface area is 145 Å². The highest BCUT2D eigenvalue weighted by Crippen LogP contribution is 2.38. The molecule has 5 rings (SSSR count). The van der Waals surface area contributed by atoms with Gasteiger partial charge in [0.2, 0.25) is 0 Å². The molecule has 116 valence electrons. The van der Waals surface area contributed by atoms with Gasteiger partial charge in [-0.3, -0.25) is 9.59 Å². The molecule has 0 bridgehead atoms. The lowest BCUT2D eigenvalue weighted by molar-refractivity contribution is 0.0981. The molecule has 1 aliphatic rings. The van der Waals surface area contributed by atoms with Gasteiger partial charge in [0, 0.05) is 22.3 Å². The van der Waals surface area contributed by atoms with Gasteiger partial charge in [-0.15, -0.1) is 0 Å². The van der Waals surface area contributed by atoms with Crippen molar-refractivity contribution in [2.24, 2.45) is 0 Å². The second-order valence-electron chi connectivity index (χ2n) is 6.55. The molecule has 3 heteroatoms. The molecule has 0 saturated carbocycles. The van der Waals surface area contributed by atoms with E-state index in [-0.39, 0.29) is 11.6 Å². The molecule has 0 aliphatic heterocycles. The van der Waals surface area contributed by atoms with Crippen LogP contribution in [0.1, 0.15) is 31.8 Å². The fourth-order valence-corrected chi connectivity index (χ4v) is 3.93. The third-order valence-corrected chi connectivity index (χ3v) is 5.05. The van der Waals surface area contributed by atoms with E-state index < -0.39 is 0 Å². The SMILES string of the molecule is Bc1ccc2c(c1)C(=O)c1c(c3ccccc3c3ccccc13)C2=O. The Hall–Kier alpha value is -3.20. The lowest BCUT2D eigenvalue weighted by Crippen LogP contribution is -2.24. The first kappa shape index (κ1) is 14.2. The third-order valence-electron chi connectivity index (χ3n) is 5.05. The van der Waals surface area contributed by atoms with Crippen LogP contribution in [0.15, 0.2) is 66.7 Å². The lowest BCUT2D eigenvalue weighted by atomic mass is 9.77. The summed E-state index contributed by atoms with van der Waals surface area (Å²) in [6, 6.07) is 21.2. The maximum absolute atomic E-state index is 13.3. The highest BCUT2D eigenvalue weighted by atomic mass is 16.1. The molecule has 1 aliphatic carbocycles. The van der Waals surface area contributed by atoms with Crippen LogP contribution in [0.5, 0.6) is 0 Å². The molecule has 0 saturated heterocycles. The van der Waals surface area contributed by atoms with E-state index in [1.54, 1.807) is 6.07 Å². The first-order valence-electron chi connectivity index (χ1n) is 8.30. The van der Waals surface area contributed by atoms with E-state index in [4.69, 9.17) is 0 Å². The van der Waals surface area contributed by atoms with Crippen molar-refractivity contribution in [3.63, 3.8) is 0 Å². The van der Waals surface area contributed by atoms with Gasteiger partial charge < -0.3 is 0 Å². The third kappa shape index (κ3) is 1.81. The molecule has 0 spiro atoms. The molecule has 0 fully saturated rings. The van der Waals surface area contributed by atoms with Crippen molar-refractivity contribution in [3.8, 4) is 0 Å². The predicted molar refractivity (Wildman–Crippen MR) is 103 cm³/mol. The van der Waals surface area contributed by atoms with E-state index in [0.717, 1.165) is 27.0 Å². The monoisotopic (exact) mass is 320 g/mol. The molecule has 4 aromatic carbocycles. The molecule has 0 unspecified atom stereocenters. The summed E-state index contributed by atoms with van der Waals surface area (Å²) < 4.78 is 0. The number of benzene rings is 4. The van der Waals surface area contributed by atoms with Crippen molar-refractivity contribution in [2.75, 3.05) is 0 Å². The summed E-state index contributed by atoms with van der Waals surface area (Å²) in [6.07, 6.45) is 0. The fraction of sp³-hybridized carbons (Fsp3) is 0. The second-order valence-corrected chi connectivity index (χ2v) is 6.55. The molecule has 0 N–H and O–H groups in total. The highest BCUT2D eigenvalue weighted by molar-refractivity contribution is 6.39. The summed E-state index contributed by atoms with van der Waals surface area (Å²) >= 11 is 0. The van der Waals surface area contributed by atoms with Crippen LogP contribution in [0.25, 0.3) is 21.5 Å². The predicted octanol–water partition coefficient (Wildman–Crippen LogP) is 3.03. The van der Waals surface area contributed by atoms with Crippen molar-refractivity contribution >= 4 is 46.4 Å². The summed E-state index contributed by atoms with van der Waals surface area (Å²) in [5.74, 6) is -0.123. The Bertz CT molecular complexity index is 1240. The first-order valence-corrected chi connectivity index (χ1v) is 8.30. The van der Waals surface area contributed by atoms with Crippen LogP contribution in [-0.4, -0.2) is 19.4 Å². The maximum Gasteiger partial charge on any atom is 0.195 e. The van der Waals surface area contributed by atoms with Gasteiger partial charge in [0.25, 0.3) is 0 Å². The van der Waals surface area contributed by atoms with Gasteiger partial charge in [0.1, 0.15) is 7.85 Å². The van der Waals surface area contributed by atoms with Crippen LogP contribution in [0, 0.1) is 0 Å². The molecule has 0 atom stereocenters. The lowest BCUT2D eigenvalue weighted by Gasteiger charge is -2.22. The highest BCUT2D eigenvalue weighted by Gasteiger charge is 2.33. The van der Waals surface area contributed by atoms with Gasteiger partial charge in [-0.2, -0.15) is 0 Å². The van der Waals surface area contributed by atoms with E-state index in [0.29, 0.717) is 22.3 Å². The minimum atomic E-state index is -0.0634. The molecular weight excluding hydrogens is 307 g/mol. The van der Waals surface area contributed by atoms with Gasteiger partial charge in [-0.25, -0.2) is 0 Å². The van der Waals surface area contributed by atoms with Crippen LogP contribution in [0.3, 0.4) is 0 Å². The van der Waals surface area contributed by atoms with Gasteiger partial charge in [0.15, 0.2) is 11.6 Å². The quantitative estimate of drug-likeness (QED) is 0.325. The van der Waals surface area contributed by atoms with E-state index in [2.05, 4.69) is 0 Å². The van der Waals surface area contributed by atoms with E-state index in [1.165, 1.54) is 0 Å². The topological polar surface area (TPSA) is 34.1 Å². The Morgan fingerprint density at radius 2 is 1.04 bits per heavy atom. The van der Waals surface area contributed by atoms with Crippen LogP contribution in [0.4, 0.5) is 0 Å². The average molecular weight is 320 g/mol. The number of hydrogen-bond donors (Lipinski definition) is 0. The number of fused-ring (bicyclic) bond motifs is 7. The zero-order valence-electron chi connectivity index (χ0n) is 13.7. The molecule has 0 aromatic heterocycles. The summed E-state index contributed by atoms with van der Waals surface area (Å²) in [7, 11) is 1.94.